The second-order valence-electron chi connectivity index (χ2n) is 6.89. The smallest absolute Gasteiger partial charge is 0.326 e. The Morgan fingerprint density at radius 2 is 1.96 bits per heavy atom. The third-order valence-corrected chi connectivity index (χ3v) is 4.82. The van der Waals surface area contributed by atoms with E-state index in [4.69, 9.17) is 9.84 Å². The highest BCUT2D eigenvalue weighted by atomic mass is 16.5. The zero-order chi connectivity index (χ0) is 16.9. The molecule has 2 aliphatic carbocycles. The molecule has 2 saturated carbocycles. The molecule has 1 unspecified atom stereocenters. The topological polar surface area (TPSA) is 75.6 Å². The van der Waals surface area contributed by atoms with Gasteiger partial charge in [-0.15, -0.1) is 0 Å². The minimum absolute atomic E-state index is 0.106. The van der Waals surface area contributed by atoms with Gasteiger partial charge in [0.05, 0.1) is 6.10 Å². The van der Waals surface area contributed by atoms with Gasteiger partial charge in [0.15, 0.2) is 0 Å². The molecule has 3 rings (SSSR count). The summed E-state index contributed by atoms with van der Waals surface area (Å²) in [6.07, 6.45) is 7.67. The van der Waals surface area contributed by atoms with Gasteiger partial charge in [0.1, 0.15) is 11.8 Å². The van der Waals surface area contributed by atoms with Crippen LogP contribution in [0.2, 0.25) is 0 Å². The lowest BCUT2D eigenvalue weighted by molar-refractivity contribution is -0.142. The van der Waals surface area contributed by atoms with Crippen molar-refractivity contribution in [2.45, 2.75) is 63.5 Å². The molecular weight excluding hydrogens is 306 g/mol. The molecular formula is C19H25NO4. The Balaban J connectivity index is 1.48. The lowest BCUT2D eigenvalue weighted by Gasteiger charge is -2.15. The molecule has 2 N–H and O–H groups in total. The molecule has 1 amide bonds. The van der Waals surface area contributed by atoms with Crippen LogP contribution in [0, 0.1) is 5.92 Å². The standard InChI is InChI=1S/C19H25NO4/c21-17(20-18(19(22)23)14-9-10-14)11-8-13-4-3-7-16(12-13)24-15-5-1-2-6-15/h3-4,7,12,14-15,18H,1-2,5-6,8-11H2,(H,20,21)(H,22,23). The van der Waals surface area contributed by atoms with Crippen molar-refractivity contribution in [1.82, 2.24) is 5.32 Å². The molecule has 1 aromatic carbocycles. The maximum absolute atomic E-state index is 12.0. The van der Waals surface area contributed by atoms with Gasteiger partial charge in [-0.3, -0.25) is 4.79 Å². The number of nitrogens with one attached hydrogen (secondary N) is 1. The highest BCUT2D eigenvalue weighted by Gasteiger charge is 2.37. The van der Waals surface area contributed by atoms with E-state index in [1.807, 2.05) is 24.3 Å². The molecule has 1 aromatic rings. The zero-order valence-electron chi connectivity index (χ0n) is 13.9. The molecule has 0 heterocycles. The normalized spacial score (nSPS) is 19.0. The predicted octanol–water partition coefficient (Wildman–Crippen LogP) is 2.92. The van der Waals surface area contributed by atoms with Gasteiger partial charge in [-0.2, -0.15) is 0 Å². The maximum atomic E-state index is 12.0. The van der Waals surface area contributed by atoms with E-state index in [2.05, 4.69) is 5.32 Å². The number of carbonyl (C=O) groups is 2. The predicted molar refractivity (Wildman–Crippen MR) is 89.9 cm³/mol. The Morgan fingerprint density at radius 1 is 1.21 bits per heavy atom. The lowest BCUT2D eigenvalue weighted by Crippen LogP contribution is -2.42. The molecule has 5 nitrogen and oxygen atoms in total. The quantitative estimate of drug-likeness (QED) is 0.768. The van der Waals surface area contributed by atoms with Gasteiger partial charge in [0, 0.05) is 6.42 Å². The minimum atomic E-state index is -0.933. The third-order valence-electron chi connectivity index (χ3n) is 4.82. The summed E-state index contributed by atoms with van der Waals surface area (Å²) in [5.74, 6) is -0.162. The fourth-order valence-electron chi connectivity index (χ4n) is 3.29. The van der Waals surface area contributed by atoms with Crippen LogP contribution < -0.4 is 10.1 Å². The van der Waals surface area contributed by atoms with Crippen molar-refractivity contribution in [2.24, 2.45) is 5.92 Å². The van der Waals surface area contributed by atoms with Crippen molar-refractivity contribution in [2.75, 3.05) is 0 Å². The average molecular weight is 331 g/mol. The second kappa shape index (κ2) is 7.69. The summed E-state index contributed by atoms with van der Waals surface area (Å²) in [7, 11) is 0. The molecule has 24 heavy (non-hydrogen) atoms. The molecule has 5 heteroatoms. The highest BCUT2D eigenvalue weighted by molar-refractivity contribution is 5.84. The van der Waals surface area contributed by atoms with Gasteiger partial charge >= 0.3 is 5.97 Å². The van der Waals surface area contributed by atoms with Gasteiger partial charge in [0.25, 0.3) is 0 Å². The number of aliphatic carboxylic acids is 1. The van der Waals surface area contributed by atoms with Gasteiger partial charge in [0.2, 0.25) is 5.91 Å². The van der Waals surface area contributed by atoms with Crippen LogP contribution in [0.25, 0.3) is 0 Å². The number of hydrogen-bond donors (Lipinski definition) is 2. The van der Waals surface area contributed by atoms with Crippen molar-refractivity contribution in [3.05, 3.63) is 29.8 Å². The van der Waals surface area contributed by atoms with Crippen LogP contribution in [0.1, 0.15) is 50.5 Å². The van der Waals surface area contributed by atoms with E-state index in [-0.39, 0.29) is 11.8 Å². The molecule has 2 fully saturated rings. The summed E-state index contributed by atoms with van der Waals surface area (Å²) < 4.78 is 5.98. The van der Waals surface area contributed by atoms with E-state index in [9.17, 15) is 9.59 Å². The number of carbonyl (C=O) groups excluding carboxylic acids is 1. The zero-order valence-corrected chi connectivity index (χ0v) is 13.9. The number of ether oxygens (including phenoxy) is 1. The van der Waals surface area contributed by atoms with Crippen LogP contribution in [0.5, 0.6) is 5.75 Å². The van der Waals surface area contributed by atoms with E-state index in [1.165, 1.54) is 12.8 Å². The van der Waals surface area contributed by atoms with Gasteiger partial charge in [-0.05, 0) is 68.6 Å². The van der Waals surface area contributed by atoms with Crippen LogP contribution in [-0.4, -0.2) is 29.1 Å². The molecule has 2 aliphatic rings. The van der Waals surface area contributed by atoms with Gasteiger partial charge in [-0.1, -0.05) is 12.1 Å². The SMILES string of the molecule is O=C(CCc1cccc(OC2CCCC2)c1)NC(C(=O)O)C1CC1. The van der Waals surface area contributed by atoms with Crippen LogP contribution >= 0.6 is 0 Å². The maximum Gasteiger partial charge on any atom is 0.326 e. The first-order valence-electron chi connectivity index (χ1n) is 8.89. The number of carboxylic acids is 1. The molecule has 0 bridgehead atoms. The largest absolute Gasteiger partial charge is 0.490 e. The van der Waals surface area contributed by atoms with Crippen molar-refractivity contribution in [3.8, 4) is 5.75 Å². The summed E-state index contributed by atoms with van der Waals surface area (Å²) in [5.41, 5.74) is 1.04. The Kier molecular flexibility index (Phi) is 5.38. The van der Waals surface area contributed by atoms with Crippen LogP contribution in [0.4, 0.5) is 0 Å². The number of hydrogen-bond acceptors (Lipinski definition) is 3. The Bertz CT molecular complexity index is 591. The van der Waals surface area contributed by atoms with Gasteiger partial charge in [-0.25, -0.2) is 4.79 Å². The number of rotatable bonds is 8. The van der Waals surface area contributed by atoms with E-state index in [0.717, 1.165) is 37.0 Å². The molecule has 0 saturated heterocycles. The van der Waals surface area contributed by atoms with E-state index < -0.39 is 12.0 Å². The monoisotopic (exact) mass is 331 g/mol. The van der Waals surface area contributed by atoms with Crippen molar-refractivity contribution in [3.63, 3.8) is 0 Å². The average Bonchev–Trinajstić information content (AvgIpc) is 3.28. The first-order chi connectivity index (χ1) is 11.6. The van der Waals surface area contributed by atoms with Crippen molar-refractivity contribution in [1.29, 1.82) is 0 Å². The number of carboxylic acid groups (broad SMARTS) is 1. The minimum Gasteiger partial charge on any atom is -0.490 e. The highest BCUT2D eigenvalue weighted by Crippen LogP contribution is 2.32. The first kappa shape index (κ1) is 16.8. The van der Waals surface area contributed by atoms with E-state index >= 15 is 0 Å². The molecule has 130 valence electrons. The molecule has 0 spiro atoms. The lowest BCUT2D eigenvalue weighted by atomic mass is 10.1. The number of amides is 1. The fourth-order valence-corrected chi connectivity index (χ4v) is 3.29. The van der Waals surface area contributed by atoms with Gasteiger partial charge < -0.3 is 15.2 Å². The number of aryl methyl sites for hydroxylation is 1. The van der Waals surface area contributed by atoms with Crippen molar-refractivity contribution < 1.29 is 19.4 Å². The van der Waals surface area contributed by atoms with Crippen molar-refractivity contribution >= 4 is 11.9 Å². The summed E-state index contributed by atoms with van der Waals surface area (Å²) in [4.78, 5) is 23.2. The summed E-state index contributed by atoms with van der Waals surface area (Å²) >= 11 is 0. The molecule has 0 aliphatic heterocycles. The Morgan fingerprint density at radius 3 is 2.62 bits per heavy atom. The third kappa shape index (κ3) is 4.73. The second-order valence-corrected chi connectivity index (χ2v) is 6.89. The number of benzene rings is 1. The van der Waals surface area contributed by atoms with E-state index in [0.29, 0.717) is 18.9 Å². The fraction of sp³-hybridized carbons (Fsp3) is 0.579. The Hall–Kier alpha value is -2.04. The molecule has 1 atom stereocenters. The summed E-state index contributed by atoms with van der Waals surface area (Å²) in [5, 5.41) is 11.8. The summed E-state index contributed by atoms with van der Waals surface area (Å²) in [6, 6.07) is 7.14. The molecule has 0 radical (unpaired) electrons. The molecule has 0 aromatic heterocycles. The van der Waals surface area contributed by atoms with E-state index in [1.54, 1.807) is 0 Å². The Labute approximate surface area is 142 Å². The van der Waals surface area contributed by atoms with Crippen LogP contribution in [0.15, 0.2) is 24.3 Å². The first-order valence-corrected chi connectivity index (χ1v) is 8.89. The summed E-state index contributed by atoms with van der Waals surface area (Å²) in [6.45, 7) is 0. The van der Waals surface area contributed by atoms with Crippen LogP contribution in [0.3, 0.4) is 0 Å². The van der Waals surface area contributed by atoms with Crippen LogP contribution in [-0.2, 0) is 16.0 Å².